The SMILES string of the molecule is COc1ccc(Cl)cc1NC(=O)c1ccc(CNC(=O)C2CCCCC2)cc1. The first-order chi connectivity index (χ1) is 13.6. The van der Waals surface area contributed by atoms with Crippen LogP contribution >= 0.6 is 11.6 Å². The summed E-state index contributed by atoms with van der Waals surface area (Å²) in [6.45, 7) is 0.472. The van der Waals surface area contributed by atoms with E-state index in [2.05, 4.69) is 10.6 Å². The van der Waals surface area contributed by atoms with Crippen molar-refractivity contribution >= 4 is 29.1 Å². The van der Waals surface area contributed by atoms with Gasteiger partial charge in [-0.15, -0.1) is 0 Å². The number of benzene rings is 2. The number of hydrogen-bond acceptors (Lipinski definition) is 3. The van der Waals surface area contributed by atoms with E-state index in [0.717, 1.165) is 31.2 Å². The van der Waals surface area contributed by atoms with Gasteiger partial charge in [0.05, 0.1) is 12.8 Å². The van der Waals surface area contributed by atoms with Crippen LogP contribution in [0.4, 0.5) is 5.69 Å². The maximum Gasteiger partial charge on any atom is 0.255 e. The molecule has 2 aromatic rings. The number of halogens is 1. The number of methoxy groups -OCH3 is 1. The van der Waals surface area contributed by atoms with Crippen LogP contribution in [0.25, 0.3) is 0 Å². The Morgan fingerprint density at radius 3 is 2.46 bits per heavy atom. The molecule has 0 saturated heterocycles. The lowest BCUT2D eigenvalue weighted by molar-refractivity contribution is -0.126. The van der Waals surface area contributed by atoms with Gasteiger partial charge in [0.25, 0.3) is 5.91 Å². The second kappa shape index (κ2) is 9.60. The molecule has 0 bridgehead atoms. The number of ether oxygens (including phenoxy) is 1. The fourth-order valence-corrected chi connectivity index (χ4v) is 3.62. The maximum atomic E-state index is 12.5. The van der Waals surface area contributed by atoms with Gasteiger partial charge in [0.15, 0.2) is 0 Å². The van der Waals surface area contributed by atoms with Crippen molar-refractivity contribution in [2.75, 3.05) is 12.4 Å². The Hall–Kier alpha value is -2.53. The standard InChI is InChI=1S/C22H25ClN2O3/c1-28-20-12-11-18(23)13-19(20)25-22(27)17-9-7-15(8-10-17)14-24-21(26)16-5-3-2-4-6-16/h7-13,16H,2-6,14H2,1H3,(H,24,26)(H,25,27). The number of amides is 2. The number of carbonyl (C=O) groups excluding carboxylic acids is 2. The topological polar surface area (TPSA) is 67.4 Å². The molecule has 0 atom stereocenters. The van der Waals surface area contributed by atoms with E-state index < -0.39 is 0 Å². The van der Waals surface area contributed by atoms with Gasteiger partial charge >= 0.3 is 0 Å². The fraction of sp³-hybridized carbons (Fsp3) is 0.364. The smallest absolute Gasteiger partial charge is 0.255 e. The summed E-state index contributed by atoms with van der Waals surface area (Å²) in [7, 11) is 1.54. The highest BCUT2D eigenvalue weighted by Gasteiger charge is 2.20. The predicted molar refractivity (Wildman–Crippen MR) is 111 cm³/mol. The molecule has 5 nitrogen and oxygen atoms in total. The third-order valence-electron chi connectivity index (χ3n) is 5.07. The molecule has 3 rings (SSSR count). The van der Waals surface area contributed by atoms with Crippen molar-refractivity contribution in [2.24, 2.45) is 5.92 Å². The van der Waals surface area contributed by atoms with Crippen LogP contribution in [0.5, 0.6) is 5.75 Å². The lowest BCUT2D eigenvalue weighted by atomic mass is 9.88. The first-order valence-corrected chi connectivity index (χ1v) is 9.96. The van der Waals surface area contributed by atoms with E-state index in [-0.39, 0.29) is 17.7 Å². The maximum absolute atomic E-state index is 12.5. The van der Waals surface area contributed by atoms with Crippen molar-refractivity contribution in [2.45, 2.75) is 38.6 Å². The number of rotatable bonds is 6. The van der Waals surface area contributed by atoms with Gasteiger partial charge in [-0.05, 0) is 48.7 Å². The van der Waals surface area contributed by atoms with Crippen LogP contribution in [0.15, 0.2) is 42.5 Å². The van der Waals surface area contributed by atoms with E-state index in [1.807, 2.05) is 12.1 Å². The Balaban J connectivity index is 1.57. The molecule has 0 aliphatic heterocycles. The highest BCUT2D eigenvalue weighted by Crippen LogP contribution is 2.28. The zero-order valence-electron chi connectivity index (χ0n) is 16.0. The molecule has 2 aromatic carbocycles. The van der Waals surface area contributed by atoms with E-state index in [0.29, 0.717) is 28.6 Å². The molecule has 0 spiro atoms. The molecular weight excluding hydrogens is 376 g/mol. The molecule has 0 aromatic heterocycles. The Kier molecular flexibility index (Phi) is 6.93. The van der Waals surface area contributed by atoms with Gasteiger partial charge in [0.2, 0.25) is 5.91 Å². The van der Waals surface area contributed by atoms with Crippen molar-refractivity contribution in [1.82, 2.24) is 5.32 Å². The van der Waals surface area contributed by atoms with E-state index in [1.165, 1.54) is 13.5 Å². The highest BCUT2D eigenvalue weighted by molar-refractivity contribution is 6.31. The van der Waals surface area contributed by atoms with Crippen LogP contribution in [0.1, 0.15) is 48.0 Å². The molecule has 28 heavy (non-hydrogen) atoms. The summed E-state index contributed by atoms with van der Waals surface area (Å²) in [5.41, 5.74) is 1.99. The van der Waals surface area contributed by atoms with Gasteiger partial charge in [-0.25, -0.2) is 0 Å². The van der Waals surface area contributed by atoms with Crippen LogP contribution < -0.4 is 15.4 Å². The van der Waals surface area contributed by atoms with E-state index in [1.54, 1.807) is 30.3 Å². The van der Waals surface area contributed by atoms with Crippen LogP contribution in [0, 0.1) is 5.92 Å². The predicted octanol–water partition coefficient (Wildman–Crippen LogP) is 4.80. The summed E-state index contributed by atoms with van der Waals surface area (Å²) in [6, 6.07) is 12.2. The average Bonchev–Trinajstić information content (AvgIpc) is 2.73. The highest BCUT2D eigenvalue weighted by atomic mass is 35.5. The molecule has 0 unspecified atom stereocenters. The number of hydrogen-bond donors (Lipinski definition) is 2. The van der Waals surface area contributed by atoms with E-state index >= 15 is 0 Å². The number of anilines is 1. The Bertz CT molecular complexity index is 830. The Morgan fingerprint density at radius 2 is 1.79 bits per heavy atom. The molecule has 1 aliphatic rings. The number of nitrogens with one attached hydrogen (secondary N) is 2. The van der Waals surface area contributed by atoms with Crippen LogP contribution in [0.2, 0.25) is 5.02 Å². The normalized spacial score (nSPS) is 14.4. The van der Waals surface area contributed by atoms with E-state index in [9.17, 15) is 9.59 Å². The molecule has 0 heterocycles. The largest absolute Gasteiger partial charge is 0.495 e. The van der Waals surface area contributed by atoms with Crippen LogP contribution in [-0.4, -0.2) is 18.9 Å². The molecular formula is C22H25ClN2O3. The monoisotopic (exact) mass is 400 g/mol. The lowest BCUT2D eigenvalue weighted by Gasteiger charge is -2.20. The summed E-state index contributed by atoms with van der Waals surface area (Å²) < 4.78 is 5.25. The molecule has 1 fully saturated rings. The number of carbonyl (C=O) groups is 2. The molecule has 2 amide bonds. The lowest BCUT2D eigenvalue weighted by Crippen LogP contribution is -2.31. The first-order valence-electron chi connectivity index (χ1n) is 9.58. The van der Waals surface area contributed by atoms with Gasteiger partial charge in [0.1, 0.15) is 5.75 Å². The summed E-state index contributed by atoms with van der Waals surface area (Å²) in [6.07, 6.45) is 5.47. The summed E-state index contributed by atoms with van der Waals surface area (Å²) in [4.78, 5) is 24.7. The third-order valence-corrected chi connectivity index (χ3v) is 5.30. The van der Waals surface area contributed by atoms with Crippen LogP contribution in [0.3, 0.4) is 0 Å². The summed E-state index contributed by atoms with van der Waals surface area (Å²) in [5, 5.41) is 6.33. The van der Waals surface area contributed by atoms with Gasteiger partial charge in [0, 0.05) is 23.0 Å². The Labute approximate surface area is 170 Å². The molecule has 6 heteroatoms. The molecule has 148 valence electrons. The quantitative estimate of drug-likeness (QED) is 0.732. The van der Waals surface area contributed by atoms with Crippen LogP contribution in [-0.2, 0) is 11.3 Å². The average molecular weight is 401 g/mol. The first kappa shape index (κ1) is 20.2. The van der Waals surface area contributed by atoms with Crippen molar-refractivity contribution in [3.63, 3.8) is 0 Å². The van der Waals surface area contributed by atoms with Gasteiger partial charge < -0.3 is 15.4 Å². The molecule has 1 saturated carbocycles. The Morgan fingerprint density at radius 1 is 1.07 bits per heavy atom. The van der Waals surface area contributed by atoms with Crippen molar-refractivity contribution in [1.29, 1.82) is 0 Å². The summed E-state index contributed by atoms with van der Waals surface area (Å²) >= 11 is 6.00. The van der Waals surface area contributed by atoms with Gasteiger partial charge in [-0.1, -0.05) is 43.0 Å². The fourth-order valence-electron chi connectivity index (χ4n) is 3.44. The minimum Gasteiger partial charge on any atom is -0.495 e. The van der Waals surface area contributed by atoms with Crippen molar-refractivity contribution in [3.05, 3.63) is 58.6 Å². The second-order valence-electron chi connectivity index (χ2n) is 7.05. The molecule has 1 aliphatic carbocycles. The van der Waals surface area contributed by atoms with Crippen molar-refractivity contribution in [3.8, 4) is 5.75 Å². The van der Waals surface area contributed by atoms with Gasteiger partial charge in [-0.2, -0.15) is 0 Å². The second-order valence-corrected chi connectivity index (χ2v) is 7.48. The minimum absolute atomic E-state index is 0.134. The zero-order chi connectivity index (χ0) is 19.9. The summed E-state index contributed by atoms with van der Waals surface area (Å²) in [5.74, 6) is 0.569. The van der Waals surface area contributed by atoms with Gasteiger partial charge in [-0.3, -0.25) is 9.59 Å². The molecule has 2 N–H and O–H groups in total. The zero-order valence-corrected chi connectivity index (χ0v) is 16.7. The van der Waals surface area contributed by atoms with E-state index in [4.69, 9.17) is 16.3 Å². The third kappa shape index (κ3) is 5.26. The van der Waals surface area contributed by atoms with Crippen molar-refractivity contribution < 1.29 is 14.3 Å². The minimum atomic E-state index is -0.252. The molecule has 0 radical (unpaired) electrons.